The Morgan fingerprint density at radius 1 is 1.00 bits per heavy atom. The molecule has 2 aliphatic rings. The maximum atomic E-state index is 3.38. The minimum Gasteiger partial charge on any atom is -1.00 e. The number of allylic oxidation sites excluding steroid dienone is 4. The Morgan fingerprint density at radius 3 is 2.19 bits per heavy atom. The molecule has 4 rings (SSSR count). The molecule has 0 N–H and O–H groups in total. The summed E-state index contributed by atoms with van der Waals surface area (Å²) >= 11 is 2.08. The summed E-state index contributed by atoms with van der Waals surface area (Å²) in [6.45, 7) is 8.45. The van der Waals surface area contributed by atoms with E-state index >= 15 is 0 Å². The summed E-state index contributed by atoms with van der Waals surface area (Å²) in [6.07, 6.45) is 11.0. The van der Waals surface area contributed by atoms with Crippen LogP contribution in [0.5, 0.6) is 0 Å². The van der Waals surface area contributed by atoms with Crippen molar-refractivity contribution >= 4 is 3.81 Å². The third kappa shape index (κ3) is 7.76. The fourth-order valence-corrected chi connectivity index (χ4v) is 2.65. The summed E-state index contributed by atoms with van der Waals surface area (Å²) in [5.74, 6) is 0. The molecule has 0 fully saturated rings. The van der Waals surface area contributed by atoms with Crippen LogP contribution in [-0.2, 0) is 26.4 Å². The molecule has 0 spiro atoms. The summed E-state index contributed by atoms with van der Waals surface area (Å²) in [6, 6.07) is 14.5. The molecule has 2 aromatic rings. The predicted octanol–water partition coefficient (Wildman–Crippen LogP) is -0.266. The van der Waals surface area contributed by atoms with Crippen molar-refractivity contribution in [1.82, 2.24) is 0 Å². The monoisotopic (exact) mass is 418 g/mol. The molecule has 0 atom stereocenters. The molecule has 0 aromatic heterocycles. The van der Waals surface area contributed by atoms with Crippen LogP contribution in [0.2, 0.25) is 0 Å². The molecule has 0 saturated heterocycles. The molecule has 2 aliphatic carbocycles. The Morgan fingerprint density at radius 2 is 1.65 bits per heavy atom. The first-order chi connectivity index (χ1) is 11.5. The molecule has 0 radical (unpaired) electrons. The second-order valence-corrected chi connectivity index (χ2v) is 7.97. The van der Waals surface area contributed by atoms with Crippen molar-refractivity contribution in [1.29, 1.82) is 0 Å². The van der Waals surface area contributed by atoms with Crippen molar-refractivity contribution < 1.29 is 44.8 Å². The van der Waals surface area contributed by atoms with Gasteiger partial charge in [-0.2, -0.15) is 35.4 Å². The number of benzene rings is 2. The summed E-state index contributed by atoms with van der Waals surface area (Å²) in [5.41, 5.74) is 8.21. The van der Waals surface area contributed by atoms with E-state index in [1.165, 1.54) is 37.2 Å². The summed E-state index contributed by atoms with van der Waals surface area (Å²) in [5, 5.41) is 0. The molecule has 3 heteroatoms. The number of hydrogen-bond donors (Lipinski definition) is 0. The van der Waals surface area contributed by atoms with Crippen LogP contribution >= 0.6 is 0 Å². The Bertz CT molecular complexity index is 725. The van der Waals surface area contributed by atoms with E-state index < -0.39 is 0 Å². The quantitative estimate of drug-likeness (QED) is 0.348. The SMILES string of the molecule is C[C](C)=[Ti+2].Cc1c[c-]c2c(c1)-c1cc(C)ccc1C2.[C-]1=CC=CC1.[Cl-].[Cl-]. The van der Waals surface area contributed by atoms with E-state index in [-0.39, 0.29) is 24.8 Å². The Hall–Kier alpha value is -0.916. The van der Waals surface area contributed by atoms with Crippen molar-refractivity contribution in [2.24, 2.45) is 0 Å². The molecule has 136 valence electrons. The first-order valence-corrected chi connectivity index (χ1v) is 9.10. The number of fused-ring (bicyclic) bond motifs is 3. The van der Waals surface area contributed by atoms with E-state index in [1.54, 1.807) is 0 Å². The van der Waals surface area contributed by atoms with Crippen molar-refractivity contribution in [2.75, 3.05) is 0 Å². The van der Waals surface area contributed by atoms with Crippen LogP contribution in [0.15, 0.2) is 48.6 Å². The van der Waals surface area contributed by atoms with Gasteiger partial charge in [0.15, 0.2) is 0 Å². The van der Waals surface area contributed by atoms with Gasteiger partial charge in [-0.15, -0.1) is 12.0 Å². The smallest absolute Gasteiger partial charge is 0.0253 e. The predicted molar refractivity (Wildman–Crippen MR) is 101 cm³/mol. The maximum absolute atomic E-state index is 3.38. The van der Waals surface area contributed by atoms with Gasteiger partial charge >= 0.3 is 37.6 Å². The molecule has 0 saturated carbocycles. The summed E-state index contributed by atoms with van der Waals surface area (Å²) < 4.78 is 1.42. The molecule has 0 aliphatic heterocycles. The fraction of sp³-hybridized carbons (Fsp3) is 0.261. The van der Waals surface area contributed by atoms with Crippen molar-refractivity contribution in [3.8, 4) is 11.1 Å². The first kappa shape index (κ1) is 25.1. The average molecular weight is 419 g/mol. The zero-order valence-electron chi connectivity index (χ0n) is 15.8. The third-order valence-electron chi connectivity index (χ3n) is 3.68. The summed E-state index contributed by atoms with van der Waals surface area (Å²) in [7, 11) is 0. The van der Waals surface area contributed by atoms with Gasteiger partial charge in [-0.05, 0) is 13.3 Å². The van der Waals surface area contributed by atoms with Gasteiger partial charge in [0.2, 0.25) is 0 Å². The van der Waals surface area contributed by atoms with Crippen molar-refractivity contribution in [2.45, 2.75) is 40.5 Å². The van der Waals surface area contributed by atoms with Crippen molar-refractivity contribution in [3.63, 3.8) is 0 Å². The third-order valence-corrected chi connectivity index (χ3v) is 3.68. The number of hydrogen-bond acceptors (Lipinski definition) is 0. The van der Waals surface area contributed by atoms with Crippen LogP contribution < -0.4 is 24.8 Å². The number of halogens is 2. The van der Waals surface area contributed by atoms with Crippen LogP contribution in [0.25, 0.3) is 11.1 Å². The van der Waals surface area contributed by atoms with Gasteiger partial charge in [0.25, 0.3) is 0 Å². The van der Waals surface area contributed by atoms with Gasteiger partial charge < -0.3 is 24.8 Å². The minimum absolute atomic E-state index is 0. The minimum atomic E-state index is 0. The zero-order chi connectivity index (χ0) is 17.5. The van der Waals surface area contributed by atoms with Crippen LogP contribution in [-0.4, -0.2) is 3.81 Å². The topological polar surface area (TPSA) is 0 Å². The molecular weight excluding hydrogens is 395 g/mol. The fourth-order valence-electron chi connectivity index (χ4n) is 2.65. The van der Waals surface area contributed by atoms with Crippen molar-refractivity contribution in [3.05, 3.63) is 83.0 Å². The molecule has 0 nitrogen and oxygen atoms in total. The van der Waals surface area contributed by atoms with Gasteiger partial charge in [-0.1, -0.05) is 41.8 Å². The largest absolute Gasteiger partial charge is 1.00 e. The number of rotatable bonds is 0. The van der Waals surface area contributed by atoms with Gasteiger partial charge in [0.05, 0.1) is 0 Å². The summed E-state index contributed by atoms with van der Waals surface area (Å²) in [4.78, 5) is 0. The normalized spacial score (nSPS) is 11.6. The molecule has 26 heavy (non-hydrogen) atoms. The number of aryl methyl sites for hydroxylation is 2. The van der Waals surface area contributed by atoms with E-state index in [4.69, 9.17) is 0 Å². The van der Waals surface area contributed by atoms with Gasteiger partial charge in [-0.3, -0.25) is 6.08 Å². The van der Waals surface area contributed by atoms with E-state index in [1.807, 2.05) is 12.2 Å². The first-order valence-electron chi connectivity index (χ1n) is 8.32. The Kier molecular flexibility index (Phi) is 12.0. The molecule has 0 heterocycles. The van der Waals surface area contributed by atoms with Crippen LogP contribution in [0.3, 0.4) is 0 Å². The van der Waals surface area contributed by atoms with Gasteiger partial charge in [-0.25, -0.2) is 12.2 Å². The second kappa shape index (κ2) is 12.5. The molecule has 0 bridgehead atoms. The molecule has 0 amide bonds. The van der Waals surface area contributed by atoms with E-state index in [0.29, 0.717) is 0 Å². The van der Waals surface area contributed by atoms with E-state index in [2.05, 4.69) is 96.2 Å². The molecule has 2 aromatic carbocycles. The second-order valence-electron chi connectivity index (χ2n) is 6.41. The van der Waals surface area contributed by atoms with E-state index in [9.17, 15) is 0 Å². The van der Waals surface area contributed by atoms with Crippen LogP contribution in [0.4, 0.5) is 0 Å². The van der Waals surface area contributed by atoms with Crippen LogP contribution in [0, 0.1) is 26.0 Å². The molecular formula is C23H24Cl2Ti-2. The Balaban J connectivity index is 0.000000480. The van der Waals surface area contributed by atoms with Gasteiger partial charge in [0.1, 0.15) is 0 Å². The van der Waals surface area contributed by atoms with Gasteiger partial charge in [0, 0.05) is 0 Å². The standard InChI is InChI=1S/C15H13.C5H5.C3H6.2ClH.Ti/c1-10-3-5-12-9-13-6-4-11(2)8-15(13)14(12)7-10;1-2-4-5-3-1;1-3-2;;;/h3-5,7-8H,9H2,1-2H3;1-3H,4H2;1-2H3;2*1H;/q2*-1;;;;+2/p-2. The molecule has 0 unspecified atom stereocenters. The van der Waals surface area contributed by atoms with Crippen LogP contribution in [0.1, 0.15) is 42.5 Å². The maximum Gasteiger partial charge on any atom is -0.0253 e. The average Bonchev–Trinajstić information content (AvgIpc) is 3.18. The Labute approximate surface area is 182 Å². The van der Waals surface area contributed by atoms with E-state index in [0.717, 1.165) is 12.8 Å². The zero-order valence-corrected chi connectivity index (χ0v) is 18.9.